The predicted octanol–water partition coefficient (Wildman–Crippen LogP) is 3.78. The van der Waals surface area contributed by atoms with Crippen LogP contribution in [0.15, 0.2) is 36.4 Å². The number of nitrogens with one attached hydrogen (secondary N) is 1. The molecule has 2 aromatic carbocycles. The van der Waals surface area contributed by atoms with Crippen molar-refractivity contribution in [1.29, 1.82) is 0 Å². The fraction of sp³-hybridized carbons (Fsp3) is 0.235. The number of benzene rings is 2. The number of rotatable bonds is 4. The fourth-order valence-corrected chi connectivity index (χ4v) is 2.90. The fourth-order valence-electron chi connectivity index (χ4n) is 2.90. The first-order chi connectivity index (χ1) is 11.5. The highest BCUT2D eigenvalue weighted by Crippen LogP contribution is 2.33. The van der Waals surface area contributed by atoms with E-state index in [2.05, 4.69) is 5.32 Å². The van der Waals surface area contributed by atoms with Gasteiger partial charge in [0.05, 0.1) is 11.0 Å². The Labute approximate surface area is 138 Å². The third-order valence-corrected chi connectivity index (χ3v) is 4.03. The van der Waals surface area contributed by atoms with Crippen molar-refractivity contribution in [3.63, 3.8) is 0 Å². The maximum absolute atomic E-state index is 13.2. The first-order valence-corrected chi connectivity index (χ1v) is 7.64. The Morgan fingerprint density at radius 3 is 2.75 bits per heavy atom. The van der Waals surface area contributed by atoms with Crippen LogP contribution in [0.1, 0.15) is 18.9 Å². The van der Waals surface area contributed by atoms with Crippen LogP contribution in [0.25, 0.3) is 0 Å². The van der Waals surface area contributed by atoms with Crippen LogP contribution >= 0.6 is 0 Å². The van der Waals surface area contributed by atoms with Gasteiger partial charge in [-0.3, -0.25) is 14.9 Å². The molecule has 1 aliphatic rings. The van der Waals surface area contributed by atoms with Crippen LogP contribution in [-0.4, -0.2) is 17.4 Å². The third kappa shape index (κ3) is 2.92. The molecule has 124 valence electrons. The molecule has 0 aromatic heterocycles. The Kier molecular flexibility index (Phi) is 4.16. The maximum atomic E-state index is 13.2. The molecule has 24 heavy (non-hydrogen) atoms. The highest BCUT2D eigenvalue weighted by Gasteiger charge is 2.23. The summed E-state index contributed by atoms with van der Waals surface area (Å²) in [6, 6.07) is 8.86. The number of nitro benzene ring substituents is 1. The van der Waals surface area contributed by atoms with Crippen LogP contribution in [0.3, 0.4) is 0 Å². The molecule has 3 rings (SSSR count). The van der Waals surface area contributed by atoms with Crippen molar-refractivity contribution >= 4 is 28.7 Å². The number of hydrogen-bond donors (Lipinski definition) is 1. The van der Waals surface area contributed by atoms with Crippen LogP contribution in [0, 0.1) is 15.9 Å². The molecule has 2 aromatic rings. The van der Waals surface area contributed by atoms with Gasteiger partial charge >= 0.3 is 0 Å². The first-order valence-electron chi connectivity index (χ1n) is 7.64. The smallest absolute Gasteiger partial charge is 0.295 e. The molecule has 7 heteroatoms. The Morgan fingerprint density at radius 1 is 1.25 bits per heavy atom. The number of carbonyl (C=O) groups excluding carboxylic acids is 1. The van der Waals surface area contributed by atoms with Gasteiger partial charge in [-0.1, -0.05) is 0 Å². The highest BCUT2D eigenvalue weighted by atomic mass is 19.1. The lowest BCUT2D eigenvalue weighted by Gasteiger charge is -2.28. The SMILES string of the molecule is CCN1C(=O)CCc2cc(Nc3ccc(F)cc3[N+](=O)[O-])ccc21. The molecule has 0 radical (unpaired) electrons. The molecule has 0 atom stereocenters. The zero-order valence-corrected chi connectivity index (χ0v) is 13.1. The van der Waals surface area contributed by atoms with Crippen molar-refractivity contribution in [3.05, 3.63) is 57.9 Å². The predicted molar refractivity (Wildman–Crippen MR) is 89.1 cm³/mol. The molecule has 6 nitrogen and oxygen atoms in total. The topological polar surface area (TPSA) is 75.5 Å². The second-order valence-corrected chi connectivity index (χ2v) is 5.53. The number of anilines is 3. The largest absolute Gasteiger partial charge is 0.350 e. The third-order valence-electron chi connectivity index (χ3n) is 4.03. The van der Waals surface area contributed by atoms with Crippen molar-refractivity contribution in [3.8, 4) is 0 Å². The van der Waals surface area contributed by atoms with E-state index in [0.29, 0.717) is 25.1 Å². The molecule has 0 aliphatic carbocycles. The quantitative estimate of drug-likeness (QED) is 0.684. The van der Waals surface area contributed by atoms with Crippen LogP contribution < -0.4 is 10.2 Å². The van der Waals surface area contributed by atoms with Crippen molar-refractivity contribution in [1.82, 2.24) is 0 Å². The summed E-state index contributed by atoms with van der Waals surface area (Å²) >= 11 is 0. The summed E-state index contributed by atoms with van der Waals surface area (Å²) in [6.07, 6.45) is 1.08. The van der Waals surface area contributed by atoms with E-state index in [1.807, 2.05) is 19.1 Å². The summed E-state index contributed by atoms with van der Waals surface area (Å²) < 4.78 is 13.2. The molecule has 0 spiro atoms. The normalized spacial score (nSPS) is 13.6. The van der Waals surface area contributed by atoms with Crippen LogP contribution in [-0.2, 0) is 11.2 Å². The molecule has 0 fully saturated rings. The number of hydrogen-bond acceptors (Lipinski definition) is 4. The molecular formula is C17H16FN3O3. The number of carbonyl (C=O) groups is 1. The van der Waals surface area contributed by atoms with Gasteiger partial charge in [-0.25, -0.2) is 4.39 Å². The Hall–Kier alpha value is -2.96. The van der Waals surface area contributed by atoms with Crippen LogP contribution in [0.2, 0.25) is 0 Å². The first kappa shape index (κ1) is 15.9. The van der Waals surface area contributed by atoms with E-state index in [9.17, 15) is 19.3 Å². The number of amides is 1. The van der Waals surface area contributed by atoms with E-state index in [4.69, 9.17) is 0 Å². The summed E-state index contributed by atoms with van der Waals surface area (Å²) in [4.78, 5) is 24.1. The van der Waals surface area contributed by atoms with E-state index in [1.165, 1.54) is 12.1 Å². The number of nitro groups is 1. The lowest BCUT2D eigenvalue weighted by Crippen LogP contribution is -2.34. The zero-order valence-electron chi connectivity index (χ0n) is 13.1. The van der Waals surface area contributed by atoms with E-state index in [1.54, 1.807) is 11.0 Å². The summed E-state index contributed by atoms with van der Waals surface area (Å²) in [5, 5.41) is 14.0. The minimum absolute atomic E-state index is 0.0971. The monoisotopic (exact) mass is 329 g/mol. The van der Waals surface area contributed by atoms with Crippen LogP contribution in [0.5, 0.6) is 0 Å². The van der Waals surface area contributed by atoms with Crippen LogP contribution in [0.4, 0.5) is 27.1 Å². The lowest BCUT2D eigenvalue weighted by molar-refractivity contribution is -0.384. The number of aryl methyl sites for hydroxylation is 1. The average molecular weight is 329 g/mol. The summed E-state index contributed by atoms with van der Waals surface area (Å²) in [5.74, 6) is -0.560. The summed E-state index contributed by atoms with van der Waals surface area (Å²) in [6.45, 7) is 2.52. The van der Waals surface area contributed by atoms with Gasteiger partial charge in [0.15, 0.2) is 0 Å². The lowest BCUT2D eigenvalue weighted by atomic mass is 10.0. The van der Waals surface area contributed by atoms with Crippen molar-refractivity contribution in [2.24, 2.45) is 0 Å². The van der Waals surface area contributed by atoms with E-state index >= 15 is 0 Å². The molecule has 1 amide bonds. The number of nitrogens with zero attached hydrogens (tertiary/aromatic N) is 2. The van der Waals surface area contributed by atoms with E-state index in [-0.39, 0.29) is 17.3 Å². The van der Waals surface area contributed by atoms with Gasteiger partial charge in [-0.2, -0.15) is 0 Å². The zero-order chi connectivity index (χ0) is 17.3. The summed E-state index contributed by atoms with van der Waals surface area (Å²) in [7, 11) is 0. The van der Waals surface area contributed by atoms with Gasteiger partial charge in [0, 0.05) is 24.3 Å². The Morgan fingerprint density at radius 2 is 2.04 bits per heavy atom. The molecule has 1 heterocycles. The van der Waals surface area contributed by atoms with Gasteiger partial charge < -0.3 is 10.2 Å². The van der Waals surface area contributed by atoms with Gasteiger partial charge in [0.2, 0.25) is 5.91 Å². The Balaban J connectivity index is 1.93. The second-order valence-electron chi connectivity index (χ2n) is 5.53. The molecule has 0 bridgehead atoms. The average Bonchev–Trinajstić information content (AvgIpc) is 2.56. The van der Waals surface area contributed by atoms with Crippen molar-refractivity contribution < 1.29 is 14.1 Å². The standard InChI is InChI=1S/C17H16FN3O3/c1-2-20-15-7-5-13(9-11(15)3-8-17(20)22)19-14-6-4-12(18)10-16(14)21(23)24/h4-7,9-10,19H,2-3,8H2,1H3. The van der Waals surface area contributed by atoms with Gasteiger partial charge in [0.25, 0.3) is 5.69 Å². The van der Waals surface area contributed by atoms with Gasteiger partial charge in [-0.05, 0) is 49.2 Å². The molecule has 1 aliphatic heterocycles. The minimum atomic E-state index is -0.658. The highest BCUT2D eigenvalue weighted by molar-refractivity contribution is 5.96. The van der Waals surface area contributed by atoms with Gasteiger partial charge in [0.1, 0.15) is 11.5 Å². The molecule has 0 unspecified atom stereocenters. The second kappa shape index (κ2) is 6.27. The molecule has 0 saturated heterocycles. The minimum Gasteiger partial charge on any atom is -0.350 e. The van der Waals surface area contributed by atoms with E-state index in [0.717, 1.165) is 17.3 Å². The number of halogens is 1. The molecule has 1 N–H and O–H groups in total. The summed E-state index contributed by atoms with van der Waals surface area (Å²) in [5.41, 5.74) is 2.44. The molecule has 0 saturated carbocycles. The van der Waals surface area contributed by atoms with E-state index < -0.39 is 10.7 Å². The number of fused-ring (bicyclic) bond motifs is 1. The Bertz CT molecular complexity index is 823. The molecular weight excluding hydrogens is 313 g/mol. The van der Waals surface area contributed by atoms with Gasteiger partial charge in [-0.15, -0.1) is 0 Å². The van der Waals surface area contributed by atoms with Crippen molar-refractivity contribution in [2.45, 2.75) is 19.8 Å². The van der Waals surface area contributed by atoms with Crippen molar-refractivity contribution in [2.75, 3.05) is 16.8 Å². The maximum Gasteiger partial charge on any atom is 0.295 e.